The highest BCUT2D eigenvalue weighted by molar-refractivity contribution is 7.19. The third-order valence-corrected chi connectivity index (χ3v) is 7.25. The Bertz CT molecular complexity index is 1170. The lowest BCUT2D eigenvalue weighted by atomic mass is 9.97. The van der Waals surface area contributed by atoms with E-state index in [1.54, 1.807) is 12.7 Å². The Balaban J connectivity index is 1.26. The molecule has 1 N–H and O–H groups in total. The summed E-state index contributed by atoms with van der Waals surface area (Å²) in [7, 11) is 0. The second kappa shape index (κ2) is 7.47. The van der Waals surface area contributed by atoms with E-state index < -0.39 is 0 Å². The number of fused-ring (bicyclic) bond motifs is 3. The molecule has 30 heavy (non-hydrogen) atoms. The largest absolute Gasteiger partial charge is 0.365 e. The van der Waals surface area contributed by atoms with Crippen LogP contribution in [0.3, 0.4) is 0 Å². The van der Waals surface area contributed by atoms with Gasteiger partial charge in [-0.25, -0.2) is 19.6 Å². The van der Waals surface area contributed by atoms with Crippen LogP contribution in [0.15, 0.2) is 36.9 Å². The summed E-state index contributed by atoms with van der Waals surface area (Å²) >= 11 is 1.89. The van der Waals surface area contributed by atoms with Gasteiger partial charge in [0, 0.05) is 17.3 Å². The lowest BCUT2D eigenvalue weighted by Crippen LogP contribution is -2.07. The molecule has 1 fully saturated rings. The minimum absolute atomic E-state index is 0.560. The molecule has 0 bridgehead atoms. The Hall–Kier alpha value is -2.80. The summed E-state index contributed by atoms with van der Waals surface area (Å²) in [5.74, 6) is 2.63. The van der Waals surface area contributed by atoms with E-state index in [2.05, 4.69) is 39.7 Å². The fourth-order valence-electron chi connectivity index (χ4n) is 4.28. The molecule has 3 heterocycles. The van der Waals surface area contributed by atoms with Crippen molar-refractivity contribution in [3.8, 4) is 0 Å². The summed E-state index contributed by atoms with van der Waals surface area (Å²) in [6, 6.07) is 8.69. The Morgan fingerprint density at radius 2 is 1.87 bits per heavy atom. The Morgan fingerprint density at radius 1 is 1.03 bits per heavy atom. The molecule has 1 aromatic carbocycles. The van der Waals surface area contributed by atoms with Gasteiger partial charge in [0.1, 0.15) is 29.1 Å². The first-order valence-electron chi connectivity index (χ1n) is 10.8. The van der Waals surface area contributed by atoms with Gasteiger partial charge in [0.15, 0.2) is 0 Å². The molecule has 6 nitrogen and oxygen atoms in total. The highest BCUT2D eigenvalue weighted by atomic mass is 32.1. The van der Waals surface area contributed by atoms with Crippen LogP contribution >= 0.6 is 11.3 Å². The van der Waals surface area contributed by atoms with Crippen molar-refractivity contribution in [2.45, 2.75) is 57.5 Å². The molecule has 6 rings (SSSR count). The number of benzene rings is 1. The van der Waals surface area contributed by atoms with Gasteiger partial charge in [-0.2, -0.15) is 5.10 Å². The van der Waals surface area contributed by atoms with Gasteiger partial charge in [-0.15, -0.1) is 11.3 Å². The van der Waals surface area contributed by atoms with Crippen molar-refractivity contribution >= 4 is 27.4 Å². The van der Waals surface area contributed by atoms with Crippen molar-refractivity contribution in [3.05, 3.63) is 64.3 Å². The summed E-state index contributed by atoms with van der Waals surface area (Å²) < 4.78 is 1.84. The third kappa shape index (κ3) is 3.47. The molecule has 4 aromatic rings. The number of hydrogen-bond donors (Lipinski definition) is 1. The van der Waals surface area contributed by atoms with Crippen LogP contribution in [0.4, 0.5) is 5.82 Å². The molecular formula is C23H24N6S. The highest BCUT2D eigenvalue weighted by Crippen LogP contribution is 2.43. The number of anilines is 1. The van der Waals surface area contributed by atoms with Gasteiger partial charge in [-0.3, -0.25) is 0 Å². The fourth-order valence-corrected chi connectivity index (χ4v) is 5.54. The maximum atomic E-state index is 4.99. The molecule has 0 spiro atoms. The van der Waals surface area contributed by atoms with Crippen molar-refractivity contribution in [2.75, 3.05) is 5.32 Å². The molecule has 0 saturated heterocycles. The van der Waals surface area contributed by atoms with Crippen LogP contribution in [0.5, 0.6) is 0 Å². The average Bonchev–Trinajstić information content (AvgIpc) is 3.37. The smallest absolute Gasteiger partial charge is 0.139 e. The van der Waals surface area contributed by atoms with Crippen molar-refractivity contribution in [1.29, 1.82) is 0 Å². The van der Waals surface area contributed by atoms with E-state index in [1.807, 2.05) is 16.0 Å². The van der Waals surface area contributed by atoms with E-state index in [0.717, 1.165) is 31.2 Å². The topological polar surface area (TPSA) is 68.5 Å². The van der Waals surface area contributed by atoms with E-state index in [-0.39, 0.29) is 0 Å². The Morgan fingerprint density at radius 3 is 2.67 bits per heavy atom. The van der Waals surface area contributed by atoms with Crippen LogP contribution in [0.1, 0.15) is 59.0 Å². The van der Waals surface area contributed by atoms with Crippen molar-refractivity contribution in [2.24, 2.45) is 0 Å². The quantitative estimate of drug-likeness (QED) is 0.493. The summed E-state index contributed by atoms with van der Waals surface area (Å²) in [6.45, 7) is 1.51. The molecule has 2 aliphatic carbocycles. The molecule has 0 aliphatic heterocycles. The van der Waals surface area contributed by atoms with Crippen molar-refractivity contribution in [1.82, 2.24) is 24.7 Å². The van der Waals surface area contributed by atoms with Gasteiger partial charge in [-0.1, -0.05) is 24.3 Å². The molecule has 2 aliphatic rings. The van der Waals surface area contributed by atoms with Crippen LogP contribution in [-0.2, 0) is 25.9 Å². The van der Waals surface area contributed by atoms with Gasteiger partial charge < -0.3 is 5.32 Å². The minimum Gasteiger partial charge on any atom is -0.365 e. The zero-order chi connectivity index (χ0) is 19.9. The second-order valence-corrected chi connectivity index (χ2v) is 9.44. The van der Waals surface area contributed by atoms with Crippen LogP contribution in [-0.4, -0.2) is 24.7 Å². The summed E-state index contributed by atoms with van der Waals surface area (Å²) in [5, 5.41) is 9.11. The SMILES string of the molecule is c1ncn(Cc2ccc(CNc3nc(C4CC4)nc4sc5c(c34)CCCC5)cc2)n1. The van der Waals surface area contributed by atoms with Gasteiger partial charge >= 0.3 is 0 Å². The number of thiophene rings is 1. The summed E-state index contributed by atoms with van der Waals surface area (Å²) in [5.41, 5.74) is 3.96. The number of hydrogen-bond acceptors (Lipinski definition) is 6. The van der Waals surface area contributed by atoms with E-state index in [0.29, 0.717) is 5.92 Å². The van der Waals surface area contributed by atoms with E-state index in [4.69, 9.17) is 9.97 Å². The monoisotopic (exact) mass is 416 g/mol. The summed E-state index contributed by atoms with van der Waals surface area (Å²) in [4.78, 5) is 16.7. The van der Waals surface area contributed by atoms with E-state index in [9.17, 15) is 0 Å². The molecular weight excluding hydrogens is 392 g/mol. The molecule has 1 saturated carbocycles. The first kappa shape index (κ1) is 18.0. The van der Waals surface area contributed by atoms with Gasteiger partial charge in [0.05, 0.1) is 11.9 Å². The normalized spacial score (nSPS) is 16.0. The predicted octanol–water partition coefficient (Wildman–Crippen LogP) is 4.70. The number of nitrogens with zero attached hydrogens (tertiary/aromatic N) is 5. The predicted molar refractivity (Wildman–Crippen MR) is 119 cm³/mol. The molecule has 3 aromatic heterocycles. The third-order valence-electron chi connectivity index (χ3n) is 6.07. The van der Waals surface area contributed by atoms with Crippen molar-refractivity contribution < 1.29 is 0 Å². The lowest BCUT2D eigenvalue weighted by Gasteiger charge is -2.13. The summed E-state index contributed by atoms with van der Waals surface area (Å²) in [6.07, 6.45) is 10.7. The second-order valence-electron chi connectivity index (χ2n) is 8.36. The Labute approximate surface area is 179 Å². The van der Waals surface area contributed by atoms with Gasteiger partial charge in [0.2, 0.25) is 0 Å². The van der Waals surface area contributed by atoms with Crippen LogP contribution in [0, 0.1) is 0 Å². The number of rotatable bonds is 6. The first-order valence-corrected chi connectivity index (χ1v) is 11.6. The average molecular weight is 417 g/mol. The molecule has 0 amide bonds. The van der Waals surface area contributed by atoms with Crippen LogP contribution in [0.2, 0.25) is 0 Å². The lowest BCUT2D eigenvalue weighted by molar-refractivity contribution is 0.684. The van der Waals surface area contributed by atoms with E-state index in [1.165, 1.54) is 63.9 Å². The van der Waals surface area contributed by atoms with Crippen LogP contribution in [0.25, 0.3) is 10.2 Å². The molecule has 0 unspecified atom stereocenters. The zero-order valence-corrected chi connectivity index (χ0v) is 17.7. The van der Waals surface area contributed by atoms with Gasteiger partial charge in [-0.05, 0) is 55.2 Å². The van der Waals surface area contributed by atoms with E-state index >= 15 is 0 Å². The van der Waals surface area contributed by atoms with Gasteiger partial charge in [0.25, 0.3) is 0 Å². The first-order chi connectivity index (χ1) is 14.8. The molecule has 7 heteroatoms. The highest BCUT2D eigenvalue weighted by Gasteiger charge is 2.29. The molecule has 0 radical (unpaired) electrons. The zero-order valence-electron chi connectivity index (χ0n) is 16.8. The molecule has 0 atom stereocenters. The van der Waals surface area contributed by atoms with Crippen molar-refractivity contribution in [3.63, 3.8) is 0 Å². The fraction of sp³-hybridized carbons (Fsp3) is 0.391. The maximum Gasteiger partial charge on any atom is 0.139 e. The van der Waals surface area contributed by atoms with Crippen LogP contribution < -0.4 is 5.32 Å². The number of nitrogens with one attached hydrogen (secondary N) is 1. The minimum atomic E-state index is 0.560. The number of aromatic nitrogens is 5. The number of aryl methyl sites for hydroxylation is 2. The Kier molecular flexibility index (Phi) is 4.48. The maximum absolute atomic E-state index is 4.99. The standard InChI is InChI=1S/C23H24N6S/c1-2-4-19-18(3-1)20-22(27-21(17-9-10-17)28-23(20)30-19)25-11-15-5-7-16(8-6-15)12-29-14-24-13-26-29/h5-8,13-14,17H,1-4,9-12H2,(H,25,27,28). The molecule has 152 valence electrons.